The second kappa shape index (κ2) is 7.30. The van der Waals surface area contributed by atoms with Gasteiger partial charge >= 0.3 is 0 Å². The Bertz CT molecular complexity index is 725. The highest BCUT2D eigenvalue weighted by Crippen LogP contribution is 2.38. The van der Waals surface area contributed by atoms with Crippen LogP contribution in [0.5, 0.6) is 5.75 Å². The average Bonchev–Trinajstić information content (AvgIpc) is 2.95. The number of hydrogen-bond acceptors (Lipinski definition) is 4. The van der Waals surface area contributed by atoms with Crippen molar-refractivity contribution in [2.75, 3.05) is 7.11 Å². The van der Waals surface area contributed by atoms with Gasteiger partial charge in [0, 0.05) is 0 Å². The zero-order valence-corrected chi connectivity index (χ0v) is 15.6. The number of amides is 1. The average molecular weight is 385 g/mol. The molecule has 0 spiro atoms. The van der Waals surface area contributed by atoms with Crippen molar-refractivity contribution in [2.24, 2.45) is 0 Å². The normalized spacial score (nSPS) is 16.6. The minimum absolute atomic E-state index is 0.199. The van der Waals surface area contributed by atoms with E-state index in [9.17, 15) is 4.79 Å². The second-order valence-electron chi connectivity index (χ2n) is 5.94. The molecular formula is C17H18Cl2N2O2S. The van der Waals surface area contributed by atoms with Crippen molar-refractivity contribution in [1.29, 1.82) is 0 Å². The highest BCUT2D eigenvalue weighted by Gasteiger charge is 2.36. The van der Waals surface area contributed by atoms with Gasteiger partial charge in [0.2, 0.25) is 0 Å². The minimum Gasteiger partial charge on any atom is -0.497 e. The van der Waals surface area contributed by atoms with Gasteiger partial charge in [-0.15, -0.1) is 0 Å². The van der Waals surface area contributed by atoms with Crippen LogP contribution in [0.25, 0.3) is 0 Å². The molecule has 0 unspecified atom stereocenters. The van der Waals surface area contributed by atoms with Gasteiger partial charge in [-0.25, -0.2) is 0 Å². The summed E-state index contributed by atoms with van der Waals surface area (Å²) in [5.74, 6) is 0.520. The molecule has 2 aromatic rings. The monoisotopic (exact) mass is 384 g/mol. The number of halogens is 2. The summed E-state index contributed by atoms with van der Waals surface area (Å²) in [6.45, 7) is 0. The molecule has 1 aromatic heterocycles. The minimum atomic E-state index is -0.402. The van der Waals surface area contributed by atoms with Crippen LogP contribution in [0.2, 0.25) is 9.36 Å². The molecule has 3 rings (SSSR count). The van der Waals surface area contributed by atoms with Crippen molar-refractivity contribution in [2.45, 2.75) is 37.6 Å². The zero-order chi connectivity index (χ0) is 17.2. The van der Waals surface area contributed by atoms with Crippen LogP contribution < -0.4 is 10.1 Å². The first-order valence-electron chi connectivity index (χ1n) is 7.83. The van der Waals surface area contributed by atoms with E-state index in [2.05, 4.69) is 9.69 Å². The molecule has 1 N–H and O–H groups in total. The fourth-order valence-corrected chi connectivity index (χ4v) is 4.23. The molecule has 128 valence electrons. The van der Waals surface area contributed by atoms with Gasteiger partial charge in [-0.05, 0) is 42.1 Å². The maximum absolute atomic E-state index is 12.7. The molecule has 1 aliphatic rings. The Hall–Kier alpha value is -1.30. The lowest BCUT2D eigenvalue weighted by molar-refractivity contribution is 0.0862. The van der Waals surface area contributed by atoms with Crippen molar-refractivity contribution in [3.63, 3.8) is 0 Å². The lowest BCUT2D eigenvalue weighted by atomic mass is 9.76. The summed E-state index contributed by atoms with van der Waals surface area (Å²) in [4.78, 5) is 12.7. The molecule has 1 aliphatic carbocycles. The number of nitrogens with one attached hydrogen (secondary N) is 1. The fourth-order valence-electron chi connectivity index (χ4n) is 3.23. The number of nitrogens with zero attached hydrogens (tertiary/aromatic N) is 1. The topological polar surface area (TPSA) is 51.2 Å². The summed E-state index contributed by atoms with van der Waals surface area (Å²) in [6, 6.07) is 7.87. The number of hydrogen-bond donors (Lipinski definition) is 1. The van der Waals surface area contributed by atoms with Crippen molar-refractivity contribution in [1.82, 2.24) is 9.69 Å². The molecule has 0 radical (unpaired) electrons. The van der Waals surface area contributed by atoms with Crippen molar-refractivity contribution >= 4 is 40.6 Å². The Morgan fingerprint density at radius 3 is 2.42 bits per heavy atom. The SMILES string of the molecule is COc1ccc(C2(NC(=O)c3nsc(Cl)c3Cl)CCCCC2)cc1. The number of ether oxygens (including phenoxy) is 1. The summed E-state index contributed by atoms with van der Waals surface area (Å²) in [6.07, 6.45) is 5.09. The Morgan fingerprint density at radius 1 is 1.21 bits per heavy atom. The molecule has 1 saturated carbocycles. The van der Waals surface area contributed by atoms with Gasteiger partial charge in [-0.3, -0.25) is 4.79 Å². The lowest BCUT2D eigenvalue weighted by Crippen LogP contribution is -2.47. The second-order valence-corrected chi connectivity index (χ2v) is 7.70. The van der Waals surface area contributed by atoms with Crippen LogP contribution in [0.1, 0.15) is 48.2 Å². The smallest absolute Gasteiger partial charge is 0.273 e. The van der Waals surface area contributed by atoms with Crippen molar-refractivity contribution in [3.8, 4) is 5.75 Å². The van der Waals surface area contributed by atoms with E-state index in [1.807, 2.05) is 24.3 Å². The van der Waals surface area contributed by atoms with E-state index in [-0.39, 0.29) is 16.6 Å². The molecule has 1 amide bonds. The molecule has 7 heteroatoms. The molecule has 1 heterocycles. The third-order valence-electron chi connectivity index (χ3n) is 4.52. The van der Waals surface area contributed by atoms with Crippen LogP contribution in [0.4, 0.5) is 0 Å². The molecule has 1 fully saturated rings. The fraction of sp³-hybridized carbons (Fsp3) is 0.412. The van der Waals surface area contributed by atoms with E-state index in [0.29, 0.717) is 4.34 Å². The Morgan fingerprint density at radius 2 is 1.88 bits per heavy atom. The maximum atomic E-state index is 12.7. The molecule has 4 nitrogen and oxygen atoms in total. The first-order chi connectivity index (χ1) is 11.6. The predicted octanol–water partition coefficient (Wildman–Crippen LogP) is 5.05. The predicted molar refractivity (Wildman–Crippen MR) is 97.4 cm³/mol. The van der Waals surface area contributed by atoms with Crippen LogP contribution >= 0.6 is 34.7 Å². The van der Waals surface area contributed by atoms with Crippen molar-refractivity contribution < 1.29 is 9.53 Å². The number of methoxy groups -OCH3 is 1. The Balaban J connectivity index is 1.90. The van der Waals surface area contributed by atoms with E-state index in [4.69, 9.17) is 27.9 Å². The summed E-state index contributed by atoms with van der Waals surface area (Å²) < 4.78 is 9.65. The highest BCUT2D eigenvalue weighted by atomic mass is 35.5. The molecular weight excluding hydrogens is 367 g/mol. The number of carbonyl (C=O) groups excluding carboxylic acids is 1. The zero-order valence-electron chi connectivity index (χ0n) is 13.3. The molecule has 24 heavy (non-hydrogen) atoms. The van der Waals surface area contributed by atoms with Crippen molar-refractivity contribution in [3.05, 3.63) is 44.9 Å². The first-order valence-corrected chi connectivity index (χ1v) is 9.36. The van der Waals surface area contributed by atoms with E-state index in [1.165, 1.54) is 6.42 Å². The van der Waals surface area contributed by atoms with Gasteiger partial charge < -0.3 is 10.1 Å². The molecule has 0 atom stereocenters. The van der Waals surface area contributed by atoms with Gasteiger partial charge in [0.05, 0.1) is 12.6 Å². The van der Waals surface area contributed by atoms with Crippen LogP contribution in [0.15, 0.2) is 24.3 Å². The Labute approximate surface area is 155 Å². The van der Waals surface area contributed by atoms with E-state index < -0.39 is 5.54 Å². The van der Waals surface area contributed by atoms with Crippen LogP contribution in [0, 0.1) is 0 Å². The third-order valence-corrected chi connectivity index (χ3v) is 6.13. The summed E-state index contributed by atoms with van der Waals surface area (Å²) in [5, 5.41) is 3.40. The van der Waals surface area contributed by atoms with Crippen LogP contribution in [0.3, 0.4) is 0 Å². The van der Waals surface area contributed by atoms with Gasteiger partial charge in [-0.2, -0.15) is 4.37 Å². The van der Waals surface area contributed by atoms with Gasteiger partial charge in [0.25, 0.3) is 5.91 Å². The largest absolute Gasteiger partial charge is 0.497 e. The van der Waals surface area contributed by atoms with E-state index in [0.717, 1.165) is 48.5 Å². The highest BCUT2D eigenvalue weighted by molar-refractivity contribution is 7.11. The maximum Gasteiger partial charge on any atom is 0.273 e. The molecule has 1 aromatic carbocycles. The van der Waals surface area contributed by atoms with Crippen LogP contribution in [-0.2, 0) is 5.54 Å². The van der Waals surface area contributed by atoms with Gasteiger partial charge in [-0.1, -0.05) is 54.6 Å². The Kier molecular flexibility index (Phi) is 5.33. The van der Waals surface area contributed by atoms with E-state index in [1.54, 1.807) is 7.11 Å². The number of aromatic nitrogens is 1. The first kappa shape index (κ1) is 17.5. The third kappa shape index (κ3) is 3.39. The number of carbonyl (C=O) groups is 1. The number of benzene rings is 1. The summed E-state index contributed by atoms with van der Waals surface area (Å²) >= 11 is 13.0. The summed E-state index contributed by atoms with van der Waals surface area (Å²) in [7, 11) is 1.64. The van der Waals surface area contributed by atoms with Crippen LogP contribution in [-0.4, -0.2) is 17.4 Å². The quantitative estimate of drug-likeness (QED) is 0.802. The molecule has 0 aliphatic heterocycles. The molecule has 0 bridgehead atoms. The lowest BCUT2D eigenvalue weighted by Gasteiger charge is -2.38. The summed E-state index contributed by atoms with van der Waals surface area (Å²) in [5.41, 5.74) is 0.875. The van der Waals surface area contributed by atoms with Gasteiger partial charge in [0.15, 0.2) is 5.69 Å². The van der Waals surface area contributed by atoms with Gasteiger partial charge in [0.1, 0.15) is 15.1 Å². The standard InChI is InChI=1S/C17H18Cl2N2O2S/c1-23-12-7-5-11(6-8-12)17(9-3-2-4-10-17)20-16(22)14-13(18)15(19)24-21-14/h5-8H,2-4,9-10H2,1H3,(H,20,22). The number of rotatable bonds is 4. The van der Waals surface area contributed by atoms with E-state index >= 15 is 0 Å². The molecule has 0 saturated heterocycles.